The molecule has 116 heavy (non-hydrogen) atoms. The summed E-state index contributed by atoms with van der Waals surface area (Å²) < 4.78 is 39.7. The van der Waals surface area contributed by atoms with Crippen LogP contribution in [0.15, 0.2) is 83.9 Å². The number of hydrogen-bond acceptors (Lipinski definition) is 26. The van der Waals surface area contributed by atoms with Crippen LogP contribution in [0, 0.1) is 5.92 Å². The molecule has 0 saturated carbocycles. The number of aliphatic imine (C=N–C) groups is 1. The lowest BCUT2D eigenvalue weighted by molar-refractivity contribution is -0.331. The van der Waals surface area contributed by atoms with Gasteiger partial charge in [-0.05, 0) is 116 Å². The number of primary amides is 1. The van der Waals surface area contributed by atoms with Crippen LogP contribution < -0.4 is 79.7 Å². The molecule has 36 nitrogen and oxygen atoms in total. The first-order valence-corrected chi connectivity index (χ1v) is 39.0. The van der Waals surface area contributed by atoms with Gasteiger partial charge in [-0.2, -0.15) is 0 Å². The average molecular weight is 1660 g/mol. The Bertz CT molecular complexity index is 4470. The lowest BCUT2D eigenvalue weighted by atomic mass is 9.85. The van der Waals surface area contributed by atoms with Crippen molar-refractivity contribution in [2.75, 3.05) is 26.2 Å². The number of aliphatic hydroxyl groups excluding tert-OH is 5. The first kappa shape index (κ1) is 88.4. The summed E-state index contributed by atoms with van der Waals surface area (Å²) >= 11 is 14.3. The Morgan fingerprint density at radius 1 is 0.672 bits per heavy atom. The third-order valence-corrected chi connectivity index (χ3v) is 21.3. The zero-order valence-corrected chi connectivity index (χ0v) is 65.8. The first-order valence-electron chi connectivity index (χ1n) is 38.2. The summed E-state index contributed by atoms with van der Waals surface area (Å²) in [6.45, 7) is 10.2. The topological polar surface area (TPSA) is 587 Å². The Labute approximate surface area is 677 Å². The van der Waals surface area contributed by atoms with E-state index in [9.17, 15) is 65.1 Å². The summed E-state index contributed by atoms with van der Waals surface area (Å²) in [4.78, 5) is 122. The van der Waals surface area contributed by atoms with Crippen LogP contribution in [0.2, 0.25) is 10.0 Å². The van der Waals surface area contributed by atoms with Gasteiger partial charge < -0.3 is 140 Å². The highest BCUT2D eigenvalue weighted by atomic mass is 35.5. The van der Waals surface area contributed by atoms with E-state index < -0.39 is 237 Å². The molecule has 0 spiro atoms. The van der Waals surface area contributed by atoms with Gasteiger partial charge in [0, 0.05) is 54.4 Å². The average Bonchev–Trinajstić information content (AvgIpc) is 0.768. The van der Waals surface area contributed by atoms with Gasteiger partial charge in [0.05, 0.1) is 28.7 Å². The number of nitrogens with zero attached hydrogens (tertiary/aromatic N) is 1. The van der Waals surface area contributed by atoms with Gasteiger partial charge in [-0.25, -0.2) is 9.79 Å². The highest BCUT2D eigenvalue weighted by molar-refractivity contribution is 6.32. The lowest BCUT2D eigenvalue weighted by Gasteiger charge is -2.48. The Hall–Kier alpha value is -9.93. The standard InChI is InChI=1S/C78H101Cl2N13O23/c1-6-7-8-9-10-11-12-13-20-85-21-22-86-78(5)32-55(111-35(4)68(78)102)115-67-65(101)64(100)53(33-81)114-76(67)116-66-51-27-39-28-52(66)113-50-19-16-38(26-44(50)80)63(99)61-74(108)91-59(75(109)110)42-29-40(94)30-48(96)56(42)41-24-36(14-17-47(41)95)57(71(105)93-61)90-72(106)58(39)89-70(104)46(31-54(82)97)87-73(107)60(62(98)37-15-18-49(112-51)43(79)25-37)92-69(103)45(23-34(2)3)88-77(83)84/h14-19,24-30,34-35,45-46,53,55,57-65,67-68,76,85-86,94-96,98-102H,6-13,20-23,31-33,81H2,1-5H3,(H2,82,97)(H,87,107)(H,89,104)(H,90,106)(H,91,108)(H,92,103)(H,93,105)(H,109,110)(H4,83,84,88)/t35-,45+,46-,53+,55-,57+,58+,59-,60+,61-,62+,63+,64+,65-,67+,68+,76-,78-/m0/s1. The molecule has 5 aromatic carbocycles. The fourth-order valence-corrected chi connectivity index (χ4v) is 15.1. The minimum atomic E-state index is -2.36. The van der Waals surface area contributed by atoms with Crippen molar-refractivity contribution in [3.63, 3.8) is 0 Å². The zero-order valence-electron chi connectivity index (χ0n) is 64.3. The molecule has 11 bridgehead atoms. The Kier molecular flexibility index (Phi) is 29.6. The number of unbranched alkanes of at least 4 members (excludes halogenated alkanes) is 7. The molecule has 7 heterocycles. The number of nitrogens with one attached hydrogen (secondary N) is 8. The second kappa shape index (κ2) is 38.9. The molecule has 12 rings (SSSR count). The number of amides is 7. The molecular weight excluding hydrogens is 1560 g/mol. The molecule has 18 atom stereocenters. The first-order chi connectivity index (χ1) is 55.1. The molecule has 0 unspecified atom stereocenters. The number of aromatic hydroxyl groups is 3. The second-order valence-corrected chi connectivity index (χ2v) is 30.9. The van der Waals surface area contributed by atoms with E-state index in [2.05, 4.69) is 54.5 Å². The zero-order chi connectivity index (χ0) is 84.3. The second-order valence-electron chi connectivity index (χ2n) is 30.1. The maximum atomic E-state index is 16.2. The van der Waals surface area contributed by atoms with Gasteiger partial charge >= 0.3 is 5.97 Å². The van der Waals surface area contributed by atoms with Crippen molar-refractivity contribution in [3.8, 4) is 57.1 Å². The van der Waals surface area contributed by atoms with E-state index in [0.29, 0.717) is 13.1 Å². The lowest BCUT2D eigenvalue weighted by Crippen LogP contribution is -2.66. The summed E-state index contributed by atoms with van der Waals surface area (Å²) in [6, 6.07) is -1.15. The van der Waals surface area contributed by atoms with E-state index in [1.807, 2.05) is 0 Å². The number of fused-ring (bicyclic) bond motifs is 15. The van der Waals surface area contributed by atoms with Gasteiger partial charge in [-0.15, -0.1) is 0 Å². The number of aliphatic hydroxyl groups is 5. The molecular formula is C78H101Cl2N13O23. The predicted molar refractivity (Wildman–Crippen MR) is 417 cm³/mol. The minimum Gasteiger partial charge on any atom is -0.508 e. The monoisotopic (exact) mass is 1660 g/mol. The molecule has 38 heteroatoms. The van der Waals surface area contributed by atoms with E-state index in [1.165, 1.54) is 44.2 Å². The van der Waals surface area contributed by atoms with Gasteiger partial charge in [-0.3, -0.25) is 33.6 Å². The summed E-state index contributed by atoms with van der Waals surface area (Å²) in [5, 5.41) is 126. The van der Waals surface area contributed by atoms with Crippen molar-refractivity contribution in [3.05, 3.63) is 117 Å². The van der Waals surface area contributed by atoms with Crippen LogP contribution in [0.5, 0.6) is 46.0 Å². The molecule has 0 aromatic heterocycles. The number of carboxylic acids is 1. The SMILES string of the molecule is CCCCCCCCCCNCCN[C@@]1(C)C[C@H](O[C@H]2[C@H](Oc3c4cc5cc3Oc3ccc(cc3Cl)[C@@H](O)[C@@H](NC(=O)[C@@H](CC(C)C)N=C(N)N)C(=O)N[C@@H](CC(N)=O)C(=O)N[C@H]5C(=O)N[C@H]3C(=O)N[C@H](C(=O)N[C@H](C(=O)O)c5cc(O)cc(O)c5-c5cc3ccc5O)[C@H](O)c3ccc(c(Cl)c3)O4)O[C@H](CN)[C@@H](O)[C@@H]2O)O[C@@H](C)[C@H]1O. The number of ether oxygens (including phenoxy) is 6. The van der Waals surface area contributed by atoms with Crippen molar-refractivity contribution < 1.29 is 113 Å². The maximum Gasteiger partial charge on any atom is 0.330 e. The highest BCUT2D eigenvalue weighted by Gasteiger charge is 2.52. The van der Waals surface area contributed by atoms with E-state index in [-0.39, 0.29) is 52.0 Å². The van der Waals surface area contributed by atoms with E-state index in [4.69, 9.17) is 74.6 Å². The molecule has 7 aliphatic heterocycles. The molecule has 7 amide bonds. The maximum absolute atomic E-state index is 16.2. The number of aliphatic carboxylic acids is 1. The Balaban J connectivity index is 1.16. The number of carbonyl (C=O) groups excluding carboxylic acids is 7. The van der Waals surface area contributed by atoms with E-state index in [1.54, 1.807) is 27.7 Å². The molecule has 2 saturated heterocycles. The fraction of sp³-hybridized carbons (Fsp3) is 0.500. The number of benzene rings is 5. The van der Waals surface area contributed by atoms with Gasteiger partial charge in [-0.1, -0.05) is 107 Å². The normalized spacial score (nSPS) is 27.1. The third kappa shape index (κ3) is 21.1. The number of nitrogens with two attached hydrogens (primary N) is 4. The van der Waals surface area contributed by atoms with Gasteiger partial charge in [0.2, 0.25) is 53.4 Å². The number of carboxylic acid groups (broad SMARTS) is 1. The molecule has 5 aromatic rings. The van der Waals surface area contributed by atoms with Crippen LogP contribution in [0.4, 0.5) is 0 Å². The van der Waals surface area contributed by atoms with Crippen molar-refractivity contribution in [1.82, 2.24) is 42.5 Å². The molecule has 25 N–H and O–H groups in total. The van der Waals surface area contributed by atoms with Gasteiger partial charge in [0.1, 0.15) is 95.5 Å². The van der Waals surface area contributed by atoms with Crippen LogP contribution in [0.25, 0.3) is 11.1 Å². The van der Waals surface area contributed by atoms with Crippen LogP contribution in [0.3, 0.4) is 0 Å². The number of phenolic OH excluding ortho intramolecular Hbond substituents is 3. The Morgan fingerprint density at radius 2 is 1.28 bits per heavy atom. The number of phenols is 3. The summed E-state index contributed by atoms with van der Waals surface area (Å²) in [5.74, 6) is -16.9. The number of carbonyl (C=O) groups is 8. The Morgan fingerprint density at radius 3 is 1.90 bits per heavy atom. The van der Waals surface area contributed by atoms with Crippen molar-refractivity contribution in [2.24, 2.45) is 33.8 Å². The third-order valence-electron chi connectivity index (χ3n) is 20.8. The quantitative estimate of drug-likeness (QED) is 0.0215. The van der Waals surface area contributed by atoms with Crippen molar-refractivity contribution in [2.45, 2.75) is 214 Å². The molecule has 7 aliphatic rings. The smallest absolute Gasteiger partial charge is 0.330 e. The van der Waals surface area contributed by atoms with Crippen LogP contribution in [0.1, 0.15) is 163 Å². The minimum absolute atomic E-state index is 0.0184. The number of rotatable bonds is 26. The summed E-state index contributed by atoms with van der Waals surface area (Å²) in [7, 11) is 0. The number of halogens is 2. The summed E-state index contributed by atoms with van der Waals surface area (Å²) in [5.41, 5.74) is 19.5. The molecule has 0 aliphatic carbocycles. The number of guanidine groups is 1. The molecule has 0 radical (unpaired) electrons. The summed E-state index contributed by atoms with van der Waals surface area (Å²) in [6.07, 6.45) is -8.82. The molecule has 2 fully saturated rings. The van der Waals surface area contributed by atoms with Gasteiger partial charge in [0.25, 0.3) is 0 Å². The molecule has 630 valence electrons. The fourth-order valence-electron chi connectivity index (χ4n) is 14.6. The van der Waals surface area contributed by atoms with Crippen LogP contribution in [-0.2, 0) is 52.6 Å². The van der Waals surface area contributed by atoms with E-state index >= 15 is 19.2 Å². The largest absolute Gasteiger partial charge is 0.508 e. The van der Waals surface area contributed by atoms with Crippen LogP contribution in [-0.4, -0.2) is 204 Å². The van der Waals surface area contributed by atoms with Crippen LogP contribution >= 0.6 is 23.2 Å². The van der Waals surface area contributed by atoms with E-state index in [0.717, 1.165) is 92.5 Å². The van der Waals surface area contributed by atoms with Crippen molar-refractivity contribution in [1.29, 1.82) is 0 Å². The van der Waals surface area contributed by atoms with Crippen molar-refractivity contribution >= 4 is 76.5 Å². The predicted octanol–water partition coefficient (Wildman–Crippen LogP) is 2.49. The number of hydrogen-bond donors (Lipinski definition) is 21. The highest BCUT2D eigenvalue weighted by Crippen LogP contribution is 2.50. The van der Waals surface area contributed by atoms with Gasteiger partial charge in [0.15, 0.2) is 35.9 Å².